The number of halogens is 1. The Kier molecular flexibility index (Phi) is 3.92. The first-order valence-electron chi connectivity index (χ1n) is 7.02. The predicted molar refractivity (Wildman–Crippen MR) is 75.9 cm³/mol. The number of sulfonamides is 1. The topological polar surface area (TPSA) is 75.7 Å². The van der Waals surface area contributed by atoms with Crippen molar-refractivity contribution in [2.24, 2.45) is 11.8 Å². The molecule has 8 heteroatoms. The number of hydrogen-bond donors (Lipinski definition) is 1. The molecule has 2 fully saturated rings. The van der Waals surface area contributed by atoms with Gasteiger partial charge in [-0.2, -0.15) is 4.31 Å². The Balaban J connectivity index is 1.82. The second-order valence-electron chi connectivity index (χ2n) is 5.54. The van der Waals surface area contributed by atoms with Gasteiger partial charge in [-0.05, 0) is 18.2 Å². The summed E-state index contributed by atoms with van der Waals surface area (Å²) in [5.41, 5.74) is 0. The van der Waals surface area contributed by atoms with Crippen molar-refractivity contribution in [3.05, 3.63) is 30.1 Å². The molecule has 2 heterocycles. The van der Waals surface area contributed by atoms with Crippen molar-refractivity contribution in [2.45, 2.75) is 11.0 Å². The molecule has 3 atom stereocenters. The average molecular weight is 328 g/mol. The molecule has 22 heavy (non-hydrogen) atoms. The fourth-order valence-corrected chi connectivity index (χ4v) is 4.63. The SMILES string of the molecule is CNC(=O)[C@@H]1CO[C@H]2CN(S(=O)(=O)c3cccc(F)c3)C[C@H]21. The monoisotopic (exact) mass is 328 g/mol. The fraction of sp³-hybridized carbons (Fsp3) is 0.500. The van der Waals surface area contributed by atoms with Crippen LogP contribution in [0.5, 0.6) is 0 Å². The zero-order valence-electron chi connectivity index (χ0n) is 12.0. The Morgan fingerprint density at radius 3 is 2.86 bits per heavy atom. The van der Waals surface area contributed by atoms with Crippen molar-refractivity contribution in [3.63, 3.8) is 0 Å². The van der Waals surface area contributed by atoms with Gasteiger partial charge in [-0.15, -0.1) is 0 Å². The summed E-state index contributed by atoms with van der Waals surface area (Å²) in [5.74, 6) is -1.25. The molecule has 0 unspecified atom stereocenters. The van der Waals surface area contributed by atoms with E-state index in [0.717, 1.165) is 6.07 Å². The molecule has 0 bridgehead atoms. The molecule has 1 aromatic carbocycles. The Labute approximate surface area is 128 Å². The fourth-order valence-electron chi connectivity index (χ4n) is 3.11. The number of nitrogens with zero attached hydrogens (tertiary/aromatic N) is 1. The normalized spacial score (nSPS) is 28.5. The van der Waals surface area contributed by atoms with E-state index in [2.05, 4.69) is 5.32 Å². The summed E-state index contributed by atoms with van der Waals surface area (Å²) in [4.78, 5) is 11.7. The first kappa shape index (κ1) is 15.4. The molecule has 1 amide bonds. The molecule has 0 aromatic heterocycles. The molecular weight excluding hydrogens is 311 g/mol. The Bertz CT molecular complexity index is 694. The smallest absolute Gasteiger partial charge is 0.243 e. The number of carbonyl (C=O) groups excluding carboxylic acids is 1. The highest BCUT2D eigenvalue weighted by Gasteiger charge is 2.49. The molecule has 6 nitrogen and oxygen atoms in total. The predicted octanol–water partition coefficient (Wildman–Crippen LogP) is 0.207. The van der Waals surface area contributed by atoms with Gasteiger partial charge < -0.3 is 10.1 Å². The van der Waals surface area contributed by atoms with E-state index in [1.165, 1.54) is 22.5 Å². The van der Waals surface area contributed by atoms with Gasteiger partial charge in [-0.1, -0.05) is 6.07 Å². The second kappa shape index (κ2) is 5.60. The Morgan fingerprint density at radius 1 is 1.41 bits per heavy atom. The standard InChI is InChI=1S/C14H17FN2O4S/c1-16-14(18)12-8-21-13-7-17(6-11(12)13)22(19,20)10-4-2-3-9(15)5-10/h2-5,11-13H,6-8H2,1H3,(H,16,18)/t11-,12+,13-/m0/s1. The van der Waals surface area contributed by atoms with Crippen LogP contribution in [0.2, 0.25) is 0 Å². The number of fused-ring (bicyclic) bond motifs is 1. The van der Waals surface area contributed by atoms with Crippen LogP contribution in [0, 0.1) is 17.7 Å². The van der Waals surface area contributed by atoms with Gasteiger partial charge in [0.2, 0.25) is 15.9 Å². The Morgan fingerprint density at radius 2 is 2.18 bits per heavy atom. The van der Waals surface area contributed by atoms with Crippen molar-refractivity contribution in [2.75, 3.05) is 26.7 Å². The van der Waals surface area contributed by atoms with Gasteiger partial charge in [-0.3, -0.25) is 4.79 Å². The van der Waals surface area contributed by atoms with Crippen molar-refractivity contribution >= 4 is 15.9 Å². The summed E-state index contributed by atoms with van der Waals surface area (Å²) in [7, 11) is -2.23. The highest BCUT2D eigenvalue weighted by Crippen LogP contribution is 2.36. The number of ether oxygens (including phenoxy) is 1. The minimum Gasteiger partial charge on any atom is -0.376 e. The minimum absolute atomic E-state index is 0.0797. The maximum atomic E-state index is 13.3. The number of hydrogen-bond acceptors (Lipinski definition) is 4. The molecule has 2 saturated heterocycles. The molecule has 0 saturated carbocycles. The average Bonchev–Trinajstić information content (AvgIpc) is 3.06. The van der Waals surface area contributed by atoms with Gasteiger partial charge >= 0.3 is 0 Å². The van der Waals surface area contributed by atoms with E-state index in [0.29, 0.717) is 6.61 Å². The van der Waals surface area contributed by atoms with Gasteiger partial charge in [0.25, 0.3) is 0 Å². The van der Waals surface area contributed by atoms with Gasteiger partial charge in [0.1, 0.15) is 5.82 Å². The number of rotatable bonds is 3. The van der Waals surface area contributed by atoms with E-state index in [9.17, 15) is 17.6 Å². The molecular formula is C14H17FN2O4S. The summed E-state index contributed by atoms with van der Waals surface area (Å²) in [6.45, 7) is 0.710. The van der Waals surface area contributed by atoms with Crippen LogP contribution >= 0.6 is 0 Å². The van der Waals surface area contributed by atoms with E-state index in [4.69, 9.17) is 4.74 Å². The minimum atomic E-state index is -3.78. The first-order chi connectivity index (χ1) is 10.4. The van der Waals surface area contributed by atoms with Gasteiger partial charge in [-0.25, -0.2) is 12.8 Å². The third kappa shape index (κ3) is 2.51. The lowest BCUT2D eigenvalue weighted by Gasteiger charge is -2.19. The molecule has 1 N–H and O–H groups in total. The van der Waals surface area contributed by atoms with Crippen molar-refractivity contribution in [1.82, 2.24) is 9.62 Å². The van der Waals surface area contributed by atoms with Crippen LogP contribution in [0.25, 0.3) is 0 Å². The number of amides is 1. The summed E-state index contributed by atoms with van der Waals surface area (Å²) in [5, 5.41) is 2.58. The van der Waals surface area contributed by atoms with Crippen LogP contribution in [0.15, 0.2) is 29.2 Å². The van der Waals surface area contributed by atoms with E-state index >= 15 is 0 Å². The number of carbonyl (C=O) groups is 1. The van der Waals surface area contributed by atoms with E-state index in [1.54, 1.807) is 7.05 Å². The largest absolute Gasteiger partial charge is 0.376 e. The zero-order chi connectivity index (χ0) is 15.9. The third-order valence-corrected chi connectivity index (χ3v) is 6.13. The lowest BCUT2D eigenvalue weighted by atomic mass is 9.92. The van der Waals surface area contributed by atoms with Crippen molar-refractivity contribution in [1.29, 1.82) is 0 Å². The quantitative estimate of drug-likeness (QED) is 0.860. The van der Waals surface area contributed by atoms with Crippen molar-refractivity contribution in [3.8, 4) is 0 Å². The lowest BCUT2D eigenvalue weighted by Crippen LogP contribution is -2.36. The van der Waals surface area contributed by atoms with E-state index in [-0.39, 0.29) is 41.8 Å². The highest BCUT2D eigenvalue weighted by molar-refractivity contribution is 7.89. The summed E-state index contributed by atoms with van der Waals surface area (Å²) >= 11 is 0. The van der Waals surface area contributed by atoms with E-state index < -0.39 is 15.8 Å². The second-order valence-corrected chi connectivity index (χ2v) is 7.47. The maximum Gasteiger partial charge on any atom is 0.243 e. The number of nitrogens with one attached hydrogen (secondary N) is 1. The molecule has 0 spiro atoms. The van der Waals surface area contributed by atoms with Gasteiger partial charge in [0.15, 0.2) is 0 Å². The number of benzene rings is 1. The molecule has 3 rings (SSSR count). The van der Waals surface area contributed by atoms with Crippen LogP contribution in [0.1, 0.15) is 0 Å². The maximum absolute atomic E-state index is 13.3. The van der Waals surface area contributed by atoms with Gasteiger partial charge in [0.05, 0.1) is 23.5 Å². The summed E-state index contributed by atoms with van der Waals surface area (Å²) in [6, 6.07) is 4.93. The van der Waals surface area contributed by atoms with Crippen LogP contribution in [-0.2, 0) is 19.6 Å². The molecule has 2 aliphatic heterocycles. The Hall–Kier alpha value is -1.51. The zero-order valence-corrected chi connectivity index (χ0v) is 12.8. The molecule has 1 aromatic rings. The first-order valence-corrected chi connectivity index (χ1v) is 8.46. The van der Waals surface area contributed by atoms with Crippen LogP contribution in [0.4, 0.5) is 4.39 Å². The molecule has 120 valence electrons. The highest BCUT2D eigenvalue weighted by atomic mass is 32.2. The van der Waals surface area contributed by atoms with Crippen molar-refractivity contribution < 1.29 is 22.3 Å². The molecule has 0 aliphatic carbocycles. The van der Waals surface area contributed by atoms with E-state index in [1.807, 2.05) is 0 Å². The molecule has 0 radical (unpaired) electrons. The lowest BCUT2D eigenvalue weighted by molar-refractivity contribution is -0.125. The molecule has 2 aliphatic rings. The van der Waals surface area contributed by atoms with Crippen LogP contribution < -0.4 is 5.32 Å². The third-order valence-electron chi connectivity index (χ3n) is 4.30. The summed E-state index contributed by atoms with van der Waals surface area (Å²) < 4.78 is 45.2. The van der Waals surface area contributed by atoms with Crippen LogP contribution in [-0.4, -0.2) is 51.5 Å². The van der Waals surface area contributed by atoms with Gasteiger partial charge in [0, 0.05) is 26.1 Å². The summed E-state index contributed by atoms with van der Waals surface area (Å²) in [6.07, 6.45) is -0.286. The van der Waals surface area contributed by atoms with Crippen LogP contribution in [0.3, 0.4) is 0 Å².